The zero-order valence-electron chi connectivity index (χ0n) is 44.4. The zero-order valence-corrected chi connectivity index (χ0v) is 44.4. The first kappa shape index (κ1) is 66.9. The van der Waals surface area contributed by atoms with Crippen molar-refractivity contribution < 1.29 is 58.3 Å². The number of esters is 2. The molecule has 3 atom stereocenters. The van der Waals surface area contributed by atoms with Crippen molar-refractivity contribution >= 4 is 35.7 Å². The molecule has 0 heterocycles. The standard InChI is InChI=1S/C59H88N2O12/c1-6-8-10-12-14-16-18-20-22-24-26-28-30-32-34-36-38-40-42-53(67)72-48-59(5,54(68)56(69)60-45-43-50(62)63)49-73-55(57(70)61-46-44-51(64)65)58(3,4)47-71-52(66)41-39-37-35-33-31-29-27-25-23-21-19-17-15-13-11-9-7-2/h8-11,14-17,20-23,26-29,32-35,38,40,54-55,68H,6-7,12-13,18-19,24-25,30-31,36-37,39,41-49H2,1-5H3,(H,60,69)(H,61,70)(H,62,63)(H,64,65)/b10-8-,11-9-,16-14-,17-15-,22-20-,23-21-,28-26-,29-27-,34-32-,35-33-,40-38-/t54-,55-,59?/m0/s1. The number of aliphatic carboxylic acids is 2. The van der Waals surface area contributed by atoms with Gasteiger partial charge in [0, 0.05) is 24.9 Å². The molecule has 1 unspecified atom stereocenters. The van der Waals surface area contributed by atoms with Crippen LogP contribution in [0.25, 0.3) is 0 Å². The summed E-state index contributed by atoms with van der Waals surface area (Å²) in [5.41, 5.74) is -2.91. The Hall–Kier alpha value is -6.12. The highest BCUT2D eigenvalue weighted by Gasteiger charge is 2.44. The third-order valence-corrected chi connectivity index (χ3v) is 10.7. The van der Waals surface area contributed by atoms with Crippen molar-refractivity contribution in [3.05, 3.63) is 134 Å². The maximum absolute atomic E-state index is 13.6. The first-order valence-electron chi connectivity index (χ1n) is 25.8. The number of aliphatic hydroxyl groups excluding tert-OH is 1. The molecule has 14 heteroatoms. The molecule has 0 aliphatic heterocycles. The Morgan fingerprint density at radius 2 is 0.836 bits per heavy atom. The maximum Gasteiger partial charge on any atom is 0.309 e. The van der Waals surface area contributed by atoms with Crippen LogP contribution in [0.4, 0.5) is 0 Å². The Bertz CT molecular complexity index is 1920. The number of carboxylic acid groups (broad SMARTS) is 2. The summed E-state index contributed by atoms with van der Waals surface area (Å²) >= 11 is 0. The quantitative estimate of drug-likeness (QED) is 0.0219. The lowest BCUT2D eigenvalue weighted by molar-refractivity contribution is -0.171. The predicted octanol–water partition coefficient (Wildman–Crippen LogP) is 11.0. The average molecular weight is 1020 g/mol. The van der Waals surface area contributed by atoms with Crippen molar-refractivity contribution in [3.8, 4) is 0 Å². The fourth-order valence-electron chi connectivity index (χ4n) is 6.37. The Kier molecular flexibility index (Phi) is 40.8. The van der Waals surface area contributed by atoms with Crippen molar-refractivity contribution in [2.24, 2.45) is 10.8 Å². The number of hydrogen-bond donors (Lipinski definition) is 5. The van der Waals surface area contributed by atoms with E-state index in [2.05, 4.69) is 122 Å². The third kappa shape index (κ3) is 39.1. The van der Waals surface area contributed by atoms with E-state index in [4.69, 9.17) is 19.3 Å². The number of carbonyl (C=O) groups excluding carboxylic acids is 4. The molecule has 14 nitrogen and oxygen atoms in total. The number of allylic oxidation sites excluding steroid dienone is 21. The topological polar surface area (TPSA) is 215 Å². The molecule has 5 N–H and O–H groups in total. The van der Waals surface area contributed by atoms with Crippen molar-refractivity contribution in [2.45, 2.75) is 156 Å². The van der Waals surface area contributed by atoms with Crippen LogP contribution in [0.2, 0.25) is 0 Å². The lowest BCUT2D eigenvalue weighted by Gasteiger charge is -2.37. The summed E-state index contributed by atoms with van der Waals surface area (Å²) in [5, 5.41) is 34.4. The van der Waals surface area contributed by atoms with Gasteiger partial charge < -0.3 is 40.2 Å². The molecule has 0 saturated heterocycles. The molecule has 0 aliphatic carbocycles. The molecule has 73 heavy (non-hydrogen) atoms. The molecule has 406 valence electrons. The van der Waals surface area contributed by atoms with Gasteiger partial charge in [-0.25, -0.2) is 0 Å². The minimum Gasteiger partial charge on any atom is -0.481 e. The van der Waals surface area contributed by atoms with Crippen LogP contribution >= 0.6 is 0 Å². The summed E-state index contributed by atoms with van der Waals surface area (Å²) in [6.07, 6.45) is 52.3. The molecule has 0 aliphatic rings. The molecule has 2 amide bonds. The normalized spacial score (nSPS) is 14.4. The van der Waals surface area contributed by atoms with Gasteiger partial charge in [-0.1, -0.05) is 168 Å². The van der Waals surface area contributed by atoms with Gasteiger partial charge in [-0.2, -0.15) is 0 Å². The molecular weight excluding hydrogens is 929 g/mol. The summed E-state index contributed by atoms with van der Waals surface area (Å²) in [4.78, 5) is 74.8. The molecule has 0 spiro atoms. The largest absolute Gasteiger partial charge is 0.481 e. The number of rotatable bonds is 43. The molecular formula is C59H88N2O12. The minimum atomic E-state index is -1.90. The lowest BCUT2D eigenvalue weighted by Crippen LogP contribution is -2.54. The third-order valence-electron chi connectivity index (χ3n) is 10.7. The number of carbonyl (C=O) groups is 6. The van der Waals surface area contributed by atoms with E-state index in [1.807, 2.05) is 24.3 Å². The van der Waals surface area contributed by atoms with E-state index in [-0.39, 0.29) is 39.0 Å². The fourth-order valence-corrected chi connectivity index (χ4v) is 6.37. The SMILES string of the molecule is CC/C=C\C/C=C\C/C=C\C/C=C\C/C=C\C/C=C\CC(=O)OCC(C)(CO[C@@H](C(=O)NCCC(=O)O)C(C)(C)COC(=O)CCC/C=C\C/C=C\C/C=C\C/C=C\C/C=C\CC)[C@@H](O)C(=O)NCCC(=O)O. The number of nitrogens with one attached hydrogen (secondary N) is 2. The van der Waals surface area contributed by atoms with Crippen LogP contribution < -0.4 is 10.6 Å². The summed E-state index contributed by atoms with van der Waals surface area (Å²) in [6.45, 7) is 6.96. The number of ether oxygens (including phenoxy) is 3. The van der Waals surface area contributed by atoms with E-state index >= 15 is 0 Å². The highest BCUT2D eigenvalue weighted by atomic mass is 16.5. The summed E-state index contributed by atoms with van der Waals surface area (Å²) in [6, 6.07) is 0. The van der Waals surface area contributed by atoms with Crippen LogP contribution in [0, 0.1) is 10.8 Å². The summed E-state index contributed by atoms with van der Waals surface area (Å²) in [5.74, 6) is -5.18. The van der Waals surface area contributed by atoms with Crippen molar-refractivity contribution in [1.29, 1.82) is 0 Å². The molecule has 0 fully saturated rings. The Balaban J connectivity index is 5.49. The highest BCUT2D eigenvalue weighted by Crippen LogP contribution is 2.30. The van der Waals surface area contributed by atoms with Gasteiger partial charge in [-0.15, -0.1) is 0 Å². The maximum atomic E-state index is 13.6. The van der Waals surface area contributed by atoms with E-state index in [9.17, 15) is 39.0 Å². The first-order chi connectivity index (χ1) is 35.1. The monoisotopic (exact) mass is 1020 g/mol. The van der Waals surface area contributed by atoms with Gasteiger partial charge >= 0.3 is 23.9 Å². The Morgan fingerprint density at radius 1 is 0.466 bits per heavy atom. The van der Waals surface area contributed by atoms with Crippen molar-refractivity contribution in [2.75, 3.05) is 32.9 Å². The molecule has 0 aromatic heterocycles. The molecule has 0 rings (SSSR count). The van der Waals surface area contributed by atoms with Crippen molar-refractivity contribution in [3.63, 3.8) is 0 Å². The molecule has 0 aromatic rings. The van der Waals surface area contributed by atoms with Crippen LogP contribution in [0.5, 0.6) is 0 Å². The van der Waals surface area contributed by atoms with E-state index < -0.39 is 78.4 Å². The Labute approximate surface area is 436 Å². The first-order valence-corrected chi connectivity index (χ1v) is 25.8. The van der Waals surface area contributed by atoms with Gasteiger partial charge in [0.25, 0.3) is 0 Å². The number of amides is 2. The number of carboxylic acids is 2. The Morgan fingerprint density at radius 3 is 1.25 bits per heavy atom. The smallest absolute Gasteiger partial charge is 0.309 e. The zero-order chi connectivity index (χ0) is 54.3. The van der Waals surface area contributed by atoms with E-state index in [0.717, 1.165) is 64.2 Å². The number of unbranched alkanes of at least 4 members (excludes halogenated alkanes) is 1. The van der Waals surface area contributed by atoms with E-state index in [0.29, 0.717) is 19.3 Å². The number of aliphatic hydroxyl groups is 1. The van der Waals surface area contributed by atoms with Gasteiger partial charge in [0.2, 0.25) is 11.8 Å². The molecule has 0 aromatic carbocycles. The second-order valence-electron chi connectivity index (χ2n) is 18.1. The second kappa shape index (κ2) is 44.6. The van der Waals surface area contributed by atoms with Gasteiger partial charge in [0.1, 0.15) is 18.8 Å². The van der Waals surface area contributed by atoms with Crippen LogP contribution in [0.3, 0.4) is 0 Å². The second-order valence-corrected chi connectivity index (χ2v) is 18.1. The summed E-state index contributed by atoms with van der Waals surface area (Å²) in [7, 11) is 0. The number of hydrogen-bond acceptors (Lipinski definition) is 10. The molecule has 0 saturated carbocycles. The van der Waals surface area contributed by atoms with Crippen LogP contribution in [0.1, 0.15) is 144 Å². The molecule has 0 bridgehead atoms. The van der Waals surface area contributed by atoms with Crippen LogP contribution in [-0.4, -0.2) is 96.1 Å². The van der Waals surface area contributed by atoms with E-state index in [1.165, 1.54) is 6.92 Å². The van der Waals surface area contributed by atoms with Crippen LogP contribution in [0.15, 0.2) is 134 Å². The predicted molar refractivity (Wildman–Crippen MR) is 291 cm³/mol. The van der Waals surface area contributed by atoms with Gasteiger partial charge in [-0.05, 0) is 83.5 Å². The summed E-state index contributed by atoms with van der Waals surface area (Å²) < 4.78 is 17.2. The van der Waals surface area contributed by atoms with Gasteiger partial charge in [-0.3, -0.25) is 28.8 Å². The molecule has 0 radical (unpaired) electrons. The lowest BCUT2D eigenvalue weighted by atomic mass is 9.83. The van der Waals surface area contributed by atoms with Crippen LogP contribution in [-0.2, 0) is 43.0 Å². The van der Waals surface area contributed by atoms with Crippen molar-refractivity contribution in [1.82, 2.24) is 10.6 Å². The minimum absolute atomic E-state index is 0.113. The van der Waals surface area contributed by atoms with E-state index in [1.54, 1.807) is 26.0 Å². The highest BCUT2D eigenvalue weighted by molar-refractivity contribution is 5.83. The average Bonchev–Trinajstić information content (AvgIpc) is 3.35. The van der Waals surface area contributed by atoms with Gasteiger partial charge in [0.15, 0.2) is 0 Å². The fraction of sp³-hybridized carbons (Fsp3) is 0.525. The van der Waals surface area contributed by atoms with Gasteiger partial charge in [0.05, 0.1) is 37.9 Å².